The lowest BCUT2D eigenvalue weighted by Gasteiger charge is -2.36. The van der Waals surface area contributed by atoms with Crippen LogP contribution in [0.15, 0.2) is 30.3 Å². The van der Waals surface area contributed by atoms with E-state index >= 15 is 0 Å². The molecule has 2 fully saturated rings. The third-order valence-electron chi connectivity index (χ3n) is 4.81. The number of piperazine rings is 1. The van der Waals surface area contributed by atoms with Gasteiger partial charge in [0.15, 0.2) is 9.84 Å². The first kappa shape index (κ1) is 17.2. The molecule has 0 radical (unpaired) electrons. The van der Waals surface area contributed by atoms with Crippen molar-refractivity contribution in [3.8, 4) is 0 Å². The van der Waals surface area contributed by atoms with Crippen LogP contribution in [0.25, 0.3) is 0 Å². The van der Waals surface area contributed by atoms with Gasteiger partial charge in [-0.15, -0.1) is 0 Å². The quantitative estimate of drug-likeness (QED) is 0.856. The molecule has 132 valence electrons. The lowest BCUT2D eigenvalue weighted by atomic mass is 10.0. The predicted octanol–water partition coefficient (Wildman–Crippen LogP) is 0.502. The molecule has 0 saturated carbocycles. The number of carbonyl (C=O) groups is 1. The Hall–Kier alpha value is -1.60. The first-order valence-corrected chi connectivity index (χ1v) is 10.2. The van der Waals surface area contributed by atoms with E-state index in [2.05, 4.69) is 27.2 Å². The predicted molar refractivity (Wildman–Crippen MR) is 94.9 cm³/mol. The molecule has 1 N–H and O–H groups in total. The Morgan fingerprint density at radius 3 is 2.42 bits per heavy atom. The fraction of sp³-hybridized carbons (Fsp3) is 0.588. The molecule has 1 amide bonds. The number of amides is 1. The van der Waals surface area contributed by atoms with Gasteiger partial charge in [0.05, 0.1) is 23.6 Å². The van der Waals surface area contributed by atoms with Crippen LogP contribution in [0, 0.1) is 0 Å². The molecule has 1 aromatic rings. The second-order valence-electron chi connectivity index (χ2n) is 7.05. The third kappa shape index (κ3) is 4.27. The second kappa shape index (κ2) is 6.72. The van der Waals surface area contributed by atoms with Gasteiger partial charge in [0.25, 0.3) is 0 Å². The largest absolute Gasteiger partial charge is 0.369 e. The molecule has 6 nitrogen and oxygen atoms in total. The Labute approximate surface area is 143 Å². The number of rotatable bonds is 4. The van der Waals surface area contributed by atoms with E-state index in [9.17, 15) is 13.2 Å². The highest BCUT2D eigenvalue weighted by molar-refractivity contribution is 7.91. The summed E-state index contributed by atoms with van der Waals surface area (Å²) in [7, 11) is -3.01. The molecule has 0 spiro atoms. The maximum atomic E-state index is 12.3. The average Bonchev–Trinajstić information content (AvgIpc) is 2.82. The van der Waals surface area contributed by atoms with Crippen LogP contribution >= 0.6 is 0 Å². The molecule has 2 saturated heterocycles. The number of hydrogen-bond acceptors (Lipinski definition) is 5. The van der Waals surface area contributed by atoms with Crippen molar-refractivity contribution in [3.63, 3.8) is 0 Å². The van der Waals surface area contributed by atoms with Gasteiger partial charge >= 0.3 is 0 Å². The fourth-order valence-electron chi connectivity index (χ4n) is 3.49. The lowest BCUT2D eigenvalue weighted by Crippen LogP contribution is -2.53. The second-order valence-corrected chi connectivity index (χ2v) is 9.23. The van der Waals surface area contributed by atoms with Crippen LogP contribution < -0.4 is 10.2 Å². The maximum absolute atomic E-state index is 12.3. The highest BCUT2D eigenvalue weighted by atomic mass is 32.2. The summed E-state index contributed by atoms with van der Waals surface area (Å²) in [5, 5.41) is 2.93. The standard InChI is InChI=1S/C17H25N3O3S/c1-17(7-12-24(22,23)14-17)18-16(21)13-19-8-10-20(11-9-19)15-5-3-2-4-6-15/h2-6H,7-14H2,1H3,(H,18,21). The number of nitrogens with one attached hydrogen (secondary N) is 1. The fourth-order valence-corrected chi connectivity index (χ4v) is 5.58. The monoisotopic (exact) mass is 351 g/mol. The van der Waals surface area contributed by atoms with Gasteiger partial charge in [0.1, 0.15) is 0 Å². The summed E-state index contributed by atoms with van der Waals surface area (Å²) < 4.78 is 23.2. The topological polar surface area (TPSA) is 69.7 Å². The average molecular weight is 351 g/mol. The van der Waals surface area contributed by atoms with E-state index in [-0.39, 0.29) is 17.4 Å². The SMILES string of the molecule is CC1(NC(=O)CN2CCN(c3ccccc3)CC2)CCS(=O)(=O)C1. The lowest BCUT2D eigenvalue weighted by molar-refractivity contribution is -0.123. The molecular formula is C17H25N3O3S. The number of anilines is 1. The number of sulfone groups is 1. The van der Waals surface area contributed by atoms with E-state index < -0.39 is 15.4 Å². The van der Waals surface area contributed by atoms with Crippen LogP contribution in [-0.4, -0.2) is 69.0 Å². The van der Waals surface area contributed by atoms with Crippen molar-refractivity contribution in [1.29, 1.82) is 0 Å². The van der Waals surface area contributed by atoms with Gasteiger partial charge in [0, 0.05) is 31.9 Å². The van der Waals surface area contributed by atoms with Crippen molar-refractivity contribution in [2.45, 2.75) is 18.9 Å². The minimum Gasteiger partial charge on any atom is -0.369 e. The normalized spacial score (nSPS) is 27.1. The molecule has 2 aliphatic rings. The van der Waals surface area contributed by atoms with Gasteiger partial charge in [-0.05, 0) is 25.5 Å². The molecule has 24 heavy (non-hydrogen) atoms. The molecule has 0 aromatic heterocycles. The zero-order valence-electron chi connectivity index (χ0n) is 14.1. The first-order valence-electron chi connectivity index (χ1n) is 8.39. The first-order chi connectivity index (χ1) is 11.4. The highest BCUT2D eigenvalue weighted by Gasteiger charge is 2.39. The molecule has 3 rings (SSSR count). The summed E-state index contributed by atoms with van der Waals surface area (Å²) in [6.07, 6.45) is 0.503. The van der Waals surface area contributed by atoms with E-state index in [0.717, 1.165) is 26.2 Å². The number of hydrogen-bond donors (Lipinski definition) is 1. The Morgan fingerprint density at radius 2 is 1.83 bits per heavy atom. The molecule has 7 heteroatoms. The highest BCUT2D eigenvalue weighted by Crippen LogP contribution is 2.22. The van der Waals surface area contributed by atoms with Gasteiger partial charge in [-0.1, -0.05) is 18.2 Å². The molecule has 1 unspecified atom stereocenters. The zero-order valence-corrected chi connectivity index (χ0v) is 14.9. The summed E-state index contributed by atoms with van der Waals surface area (Å²) in [4.78, 5) is 16.7. The van der Waals surface area contributed by atoms with Crippen molar-refractivity contribution in [2.24, 2.45) is 0 Å². The van der Waals surface area contributed by atoms with Crippen LogP contribution in [0.5, 0.6) is 0 Å². The molecule has 1 atom stereocenters. The van der Waals surface area contributed by atoms with E-state index in [1.807, 2.05) is 25.1 Å². The van der Waals surface area contributed by atoms with E-state index in [0.29, 0.717) is 13.0 Å². The van der Waals surface area contributed by atoms with E-state index in [4.69, 9.17) is 0 Å². The summed E-state index contributed by atoms with van der Waals surface area (Å²) in [5.74, 6) is 0.135. The van der Waals surface area contributed by atoms with Crippen molar-refractivity contribution in [2.75, 3.05) is 49.1 Å². The van der Waals surface area contributed by atoms with Crippen LogP contribution in [0.4, 0.5) is 5.69 Å². The number of benzene rings is 1. The van der Waals surface area contributed by atoms with Crippen molar-refractivity contribution >= 4 is 21.4 Å². The summed E-state index contributed by atoms with van der Waals surface area (Å²) in [6.45, 7) is 5.60. The van der Waals surface area contributed by atoms with Crippen LogP contribution in [-0.2, 0) is 14.6 Å². The van der Waals surface area contributed by atoms with E-state index in [1.54, 1.807) is 0 Å². The van der Waals surface area contributed by atoms with Gasteiger partial charge in [-0.25, -0.2) is 8.42 Å². The number of carbonyl (C=O) groups excluding carboxylic acids is 1. The number of para-hydroxylation sites is 1. The molecule has 0 bridgehead atoms. The van der Waals surface area contributed by atoms with Crippen LogP contribution in [0.2, 0.25) is 0 Å². The molecule has 0 aliphatic carbocycles. The molecule has 2 aliphatic heterocycles. The van der Waals surface area contributed by atoms with Gasteiger partial charge in [0.2, 0.25) is 5.91 Å². The van der Waals surface area contributed by atoms with E-state index in [1.165, 1.54) is 5.69 Å². The Morgan fingerprint density at radius 1 is 1.17 bits per heavy atom. The molecule has 1 aromatic carbocycles. The summed E-state index contributed by atoms with van der Waals surface area (Å²) in [5.41, 5.74) is 0.604. The van der Waals surface area contributed by atoms with Gasteiger partial charge in [-0.2, -0.15) is 0 Å². The van der Waals surface area contributed by atoms with Gasteiger partial charge < -0.3 is 10.2 Å². The number of nitrogens with zero attached hydrogens (tertiary/aromatic N) is 2. The van der Waals surface area contributed by atoms with Crippen LogP contribution in [0.3, 0.4) is 0 Å². The Kier molecular flexibility index (Phi) is 4.83. The van der Waals surface area contributed by atoms with Gasteiger partial charge in [-0.3, -0.25) is 9.69 Å². The summed E-state index contributed by atoms with van der Waals surface area (Å²) >= 11 is 0. The zero-order chi connectivity index (χ0) is 17.2. The maximum Gasteiger partial charge on any atom is 0.234 e. The Balaban J connectivity index is 1.47. The van der Waals surface area contributed by atoms with Crippen molar-refractivity contribution in [3.05, 3.63) is 30.3 Å². The minimum absolute atomic E-state index is 0.0491. The van der Waals surface area contributed by atoms with Crippen molar-refractivity contribution in [1.82, 2.24) is 10.2 Å². The van der Waals surface area contributed by atoms with Crippen LogP contribution in [0.1, 0.15) is 13.3 Å². The Bertz CT molecular complexity index is 684. The minimum atomic E-state index is -3.01. The summed E-state index contributed by atoms with van der Waals surface area (Å²) in [6, 6.07) is 10.3. The third-order valence-corrected chi connectivity index (χ3v) is 6.71. The van der Waals surface area contributed by atoms with Crippen molar-refractivity contribution < 1.29 is 13.2 Å². The smallest absolute Gasteiger partial charge is 0.234 e. The molecular weight excluding hydrogens is 326 g/mol. The molecule has 2 heterocycles.